The number of aliphatic carboxylic acids is 1. The van der Waals surface area contributed by atoms with Gasteiger partial charge in [-0.2, -0.15) is 0 Å². The van der Waals surface area contributed by atoms with E-state index in [0.29, 0.717) is 12.3 Å². The van der Waals surface area contributed by atoms with Crippen molar-refractivity contribution in [1.29, 1.82) is 0 Å². The summed E-state index contributed by atoms with van der Waals surface area (Å²) in [7, 11) is 0. The zero-order chi connectivity index (χ0) is 10.7. The molecule has 0 aromatic heterocycles. The van der Waals surface area contributed by atoms with Gasteiger partial charge >= 0.3 is 5.97 Å². The third-order valence-electron chi connectivity index (χ3n) is 3.63. The highest BCUT2D eigenvalue weighted by Gasteiger charge is 2.31. The molecule has 15 heavy (non-hydrogen) atoms. The minimum absolute atomic E-state index is 0.350. The fraction of sp³-hybridized carbons (Fsp3) is 0.917. The van der Waals surface area contributed by atoms with Gasteiger partial charge in [-0.15, -0.1) is 0 Å². The Kier molecular flexibility index (Phi) is 3.62. The lowest BCUT2D eigenvalue weighted by atomic mass is 9.98. The molecule has 2 aliphatic rings. The second-order valence-electron chi connectivity index (χ2n) is 5.02. The normalized spacial score (nSPS) is 28.7. The first-order valence-electron chi connectivity index (χ1n) is 6.21. The molecule has 3 nitrogen and oxygen atoms in total. The third-order valence-corrected chi connectivity index (χ3v) is 3.63. The van der Waals surface area contributed by atoms with E-state index in [-0.39, 0.29) is 0 Å². The molecule has 1 aliphatic carbocycles. The molecule has 0 radical (unpaired) electrons. The van der Waals surface area contributed by atoms with Gasteiger partial charge in [-0.1, -0.05) is 6.42 Å². The summed E-state index contributed by atoms with van der Waals surface area (Å²) in [6, 6.07) is 0.843. The Bertz CT molecular complexity index is 226. The van der Waals surface area contributed by atoms with Gasteiger partial charge < -0.3 is 10.0 Å². The van der Waals surface area contributed by atoms with Gasteiger partial charge in [-0.05, 0) is 44.6 Å². The Morgan fingerprint density at radius 1 is 1.27 bits per heavy atom. The molecule has 3 heteroatoms. The molecule has 1 aliphatic heterocycles. The number of nitrogens with zero attached hydrogens (tertiary/aromatic N) is 1. The monoisotopic (exact) mass is 211 g/mol. The zero-order valence-electron chi connectivity index (χ0n) is 9.32. The highest BCUT2D eigenvalue weighted by molar-refractivity contribution is 5.66. The molecule has 0 aromatic carbocycles. The van der Waals surface area contributed by atoms with Crippen molar-refractivity contribution < 1.29 is 9.90 Å². The average molecular weight is 211 g/mol. The number of carbonyl (C=O) groups is 1. The van der Waals surface area contributed by atoms with Gasteiger partial charge in [-0.3, -0.25) is 4.79 Å². The SMILES string of the molecule is O=C(O)CCC1CCCCN(C2CC2)C1. The number of rotatable bonds is 4. The van der Waals surface area contributed by atoms with Crippen LogP contribution >= 0.6 is 0 Å². The largest absolute Gasteiger partial charge is 0.481 e. The molecule has 0 aromatic rings. The summed E-state index contributed by atoms with van der Waals surface area (Å²) in [6.07, 6.45) is 7.78. The van der Waals surface area contributed by atoms with E-state index in [0.717, 1.165) is 19.0 Å². The Labute approximate surface area is 91.5 Å². The van der Waals surface area contributed by atoms with Crippen LogP contribution in [0.15, 0.2) is 0 Å². The first-order valence-corrected chi connectivity index (χ1v) is 6.21. The quantitative estimate of drug-likeness (QED) is 0.774. The number of likely N-dealkylation sites (tertiary alicyclic amines) is 1. The van der Waals surface area contributed by atoms with Crippen molar-refractivity contribution in [3.8, 4) is 0 Å². The first kappa shape index (κ1) is 10.9. The topological polar surface area (TPSA) is 40.5 Å². The fourth-order valence-corrected chi connectivity index (χ4v) is 2.60. The first-order chi connectivity index (χ1) is 7.25. The Hall–Kier alpha value is -0.570. The average Bonchev–Trinajstić information content (AvgIpc) is 3.01. The zero-order valence-corrected chi connectivity index (χ0v) is 9.32. The van der Waals surface area contributed by atoms with Crippen LogP contribution in [0.1, 0.15) is 44.9 Å². The van der Waals surface area contributed by atoms with E-state index in [1.807, 2.05) is 0 Å². The maximum absolute atomic E-state index is 10.5. The van der Waals surface area contributed by atoms with Gasteiger partial charge in [0.1, 0.15) is 0 Å². The van der Waals surface area contributed by atoms with Crippen molar-refractivity contribution in [1.82, 2.24) is 4.90 Å². The number of carboxylic acids is 1. The molecule has 1 atom stereocenters. The van der Waals surface area contributed by atoms with Crippen molar-refractivity contribution in [2.24, 2.45) is 5.92 Å². The van der Waals surface area contributed by atoms with Gasteiger partial charge in [0.15, 0.2) is 0 Å². The smallest absolute Gasteiger partial charge is 0.303 e. The van der Waals surface area contributed by atoms with E-state index in [1.54, 1.807) is 0 Å². The van der Waals surface area contributed by atoms with Gasteiger partial charge in [-0.25, -0.2) is 0 Å². The summed E-state index contributed by atoms with van der Waals surface area (Å²) >= 11 is 0. The lowest BCUT2D eigenvalue weighted by Crippen LogP contribution is -2.30. The van der Waals surface area contributed by atoms with Crippen LogP contribution in [0, 0.1) is 5.92 Å². The Morgan fingerprint density at radius 3 is 2.73 bits per heavy atom. The third kappa shape index (κ3) is 3.49. The van der Waals surface area contributed by atoms with Crippen LogP contribution in [-0.4, -0.2) is 35.1 Å². The summed E-state index contributed by atoms with van der Waals surface area (Å²) < 4.78 is 0. The van der Waals surface area contributed by atoms with Crippen LogP contribution in [0.5, 0.6) is 0 Å². The summed E-state index contributed by atoms with van der Waals surface area (Å²) in [6.45, 7) is 2.40. The molecule has 0 bridgehead atoms. The maximum Gasteiger partial charge on any atom is 0.303 e. The summed E-state index contributed by atoms with van der Waals surface area (Å²) in [5.74, 6) is -0.0126. The van der Waals surface area contributed by atoms with Crippen molar-refractivity contribution in [3.63, 3.8) is 0 Å². The highest BCUT2D eigenvalue weighted by Crippen LogP contribution is 2.31. The Balaban J connectivity index is 1.78. The molecular formula is C12H21NO2. The molecule has 1 N–H and O–H groups in total. The molecule has 1 saturated carbocycles. The Morgan fingerprint density at radius 2 is 2.07 bits per heavy atom. The van der Waals surface area contributed by atoms with Crippen molar-refractivity contribution >= 4 is 5.97 Å². The lowest BCUT2D eigenvalue weighted by molar-refractivity contribution is -0.137. The van der Waals surface area contributed by atoms with E-state index >= 15 is 0 Å². The predicted molar refractivity (Wildman–Crippen MR) is 58.8 cm³/mol. The van der Waals surface area contributed by atoms with Gasteiger partial charge in [0, 0.05) is 19.0 Å². The van der Waals surface area contributed by atoms with Crippen LogP contribution < -0.4 is 0 Å². The number of hydrogen-bond donors (Lipinski definition) is 1. The molecule has 1 heterocycles. The van der Waals surface area contributed by atoms with E-state index in [2.05, 4.69) is 4.90 Å². The van der Waals surface area contributed by atoms with E-state index < -0.39 is 5.97 Å². The van der Waals surface area contributed by atoms with E-state index in [4.69, 9.17) is 5.11 Å². The maximum atomic E-state index is 10.5. The highest BCUT2D eigenvalue weighted by atomic mass is 16.4. The van der Waals surface area contributed by atoms with Crippen molar-refractivity contribution in [2.45, 2.75) is 51.0 Å². The molecule has 0 amide bonds. The van der Waals surface area contributed by atoms with E-state index in [1.165, 1.54) is 38.6 Å². The minimum Gasteiger partial charge on any atom is -0.481 e. The molecule has 0 spiro atoms. The molecule has 2 fully saturated rings. The fourth-order valence-electron chi connectivity index (χ4n) is 2.60. The molecule has 1 unspecified atom stereocenters. The van der Waals surface area contributed by atoms with Crippen LogP contribution in [0.4, 0.5) is 0 Å². The summed E-state index contributed by atoms with van der Waals surface area (Å²) in [5.41, 5.74) is 0. The van der Waals surface area contributed by atoms with Crippen LogP contribution in [0.2, 0.25) is 0 Å². The second kappa shape index (κ2) is 4.97. The van der Waals surface area contributed by atoms with Crippen LogP contribution in [-0.2, 0) is 4.79 Å². The molecule has 86 valence electrons. The van der Waals surface area contributed by atoms with Crippen LogP contribution in [0.3, 0.4) is 0 Å². The van der Waals surface area contributed by atoms with Crippen molar-refractivity contribution in [3.05, 3.63) is 0 Å². The molecule has 1 saturated heterocycles. The van der Waals surface area contributed by atoms with E-state index in [9.17, 15) is 4.79 Å². The number of hydrogen-bond acceptors (Lipinski definition) is 2. The van der Waals surface area contributed by atoms with Gasteiger partial charge in [0.25, 0.3) is 0 Å². The van der Waals surface area contributed by atoms with Crippen molar-refractivity contribution in [2.75, 3.05) is 13.1 Å². The number of carboxylic acid groups (broad SMARTS) is 1. The summed E-state index contributed by atoms with van der Waals surface area (Å²) in [5, 5.41) is 8.69. The van der Waals surface area contributed by atoms with Gasteiger partial charge in [0.05, 0.1) is 0 Å². The van der Waals surface area contributed by atoms with Crippen LogP contribution in [0.25, 0.3) is 0 Å². The predicted octanol–water partition coefficient (Wildman–Crippen LogP) is 2.12. The second-order valence-corrected chi connectivity index (χ2v) is 5.02. The summed E-state index contributed by atoms with van der Waals surface area (Å²) in [4.78, 5) is 13.1. The molecular weight excluding hydrogens is 190 g/mol. The standard InChI is InChI=1S/C12H21NO2/c14-12(15)7-4-10-3-1-2-8-13(9-10)11-5-6-11/h10-11H,1-9H2,(H,14,15). The minimum atomic E-state index is -0.641. The van der Waals surface area contributed by atoms with Gasteiger partial charge in [0.2, 0.25) is 0 Å². The lowest BCUT2D eigenvalue weighted by Gasteiger charge is -2.23. The molecule has 2 rings (SSSR count).